The number of aryl methyl sites for hydroxylation is 1. The molecule has 21 heavy (non-hydrogen) atoms. The molecule has 0 heterocycles. The Morgan fingerprint density at radius 2 is 2.24 bits per heavy atom. The van der Waals surface area contributed by atoms with Gasteiger partial charge in [-0.3, -0.25) is 0 Å². The van der Waals surface area contributed by atoms with Crippen LogP contribution in [-0.2, 0) is 20.0 Å². The summed E-state index contributed by atoms with van der Waals surface area (Å²) in [6, 6.07) is 5.71. The summed E-state index contributed by atoms with van der Waals surface area (Å²) in [7, 11) is 0. The molecule has 9 heteroatoms. The number of halogens is 2. The van der Waals surface area contributed by atoms with Crippen molar-refractivity contribution >= 4 is 62.2 Å². The van der Waals surface area contributed by atoms with Crippen LogP contribution in [0.1, 0.15) is 18.9 Å². The van der Waals surface area contributed by atoms with E-state index in [0.29, 0.717) is 11.4 Å². The van der Waals surface area contributed by atoms with Crippen molar-refractivity contribution in [3.63, 3.8) is 0 Å². The minimum Gasteiger partial charge on any atom is -0.384 e. The van der Waals surface area contributed by atoms with Gasteiger partial charge in [-0.25, -0.2) is 4.57 Å². The standard InChI is InChI=1S/C12H16BrClNO3PS2/c1-2-17-19(16,21-12(15)20)18-7-3-4-9-5-6-10(13)8-11(9)14/h5-6,8H,2-4,7H2,1H3,(H2,15,20). The van der Waals surface area contributed by atoms with Crippen LogP contribution in [0.5, 0.6) is 0 Å². The molecular weight excluding hydrogens is 417 g/mol. The van der Waals surface area contributed by atoms with Crippen LogP contribution in [0, 0.1) is 0 Å². The van der Waals surface area contributed by atoms with Crippen molar-refractivity contribution in [3.8, 4) is 0 Å². The van der Waals surface area contributed by atoms with Gasteiger partial charge in [0.2, 0.25) is 0 Å². The van der Waals surface area contributed by atoms with Gasteiger partial charge >= 0.3 is 6.80 Å². The van der Waals surface area contributed by atoms with Crippen LogP contribution in [0.3, 0.4) is 0 Å². The van der Waals surface area contributed by atoms with Crippen molar-refractivity contribution < 1.29 is 13.6 Å². The van der Waals surface area contributed by atoms with Gasteiger partial charge in [-0.1, -0.05) is 45.8 Å². The third-order valence-electron chi connectivity index (χ3n) is 2.34. The van der Waals surface area contributed by atoms with Crippen LogP contribution in [0.25, 0.3) is 0 Å². The molecular formula is C12H16BrClNO3PS2. The molecule has 0 amide bonds. The average molecular weight is 433 g/mol. The van der Waals surface area contributed by atoms with E-state index < -0.39 is 6.80 Å². The number of rotatable bonds is 8. The van der Waals surface area contributed by atoms with Crippen LogP contribution in [0.2, 0.25) is 5.02 Å². The lowest BCUT2D eigenvalue weighted by Gasteiger charge is -2.16. The van der Waals surface area contributed by atoms with Crippen LogP contribution in [-0.4, -0.2) is 17.5 Å². The Morgan fingerprint density at radius 1 is 1.52 bits per heavy atom. The van der Waals surface area contributed by atoms with Gasteiger partial charge in [0.1, 0.15) is 4.32 Å². The second kappa shape index (κ2) is 9.50. The van der Waals surface area contributed by atoms with Crippen molar-refractivity contribution in [2.24, 2.45) is 5.73 Å². The third kappa shape index (κ3) is 7.46. The SMILES string of the molecule is CCOP(=O)(OCCCc1ccc(Br)cc1Cl)SC(N)=S. The van der Waals surface area contributed by atoms with Crippen molar-refractivity contribution in [2.45, 2.75) is 19.8 Å². The second-order valence-corrected chi connectivity index (χ2v) is 9.89. The van der Waals surface area contributed by atoms with E-state index in [2.05, 4.69) is 15.9 Å². The Labute approximate surface area is 147 Å². The fraction of sp³-hybridized carbons (Fsp3) is 0.417. The van der Waals surface area contributed by atoms with Gasteiger partial charge in [0.05, 0.1) is 13.2 Å². The van der Waals surface area contributed by atoms with Gasteiger partial charge in [-0.2, -0.15) is 0 Å². The highest BCUT2D eigenvalue weighted by molar-refractivity contribution is 9.10. The summed E-state index contributed by atoms with van der Waals surface area (Å²) in [5.74, 6) is 0. The summed E-state index contributed by atoms with van der Waals surface area (Å²) in [4.78, 5) is 0. The second-order valence-electron chi connectivity index (χ2n) is 3.95. The number of thiocarbonyl (C=S) groups is 1. The summed E-state index contributed by atoms with van der Waals surface area (Å²) < 4.78 is 23.7. The quantitative estimate of drug-likeness (QED) is 0.347. The lowest BCUT2D eigenvalue weighted by molar-refractivity contribution is 0.226. The Kier molecular flexibility index (Phi) is 8.79. The van der Waals surface area contributed by atoms with E-state index in [1.54, 1.807) is 6.92 Å². The Morgan fingerprint density at radius 3 is 2.81 bits per heavy atom. The van der Waals surface area contributed by atoms with E-state index in [4.69, 9.17) is 38.6 Å². The van der Waals surface area contributed by atoms with Crippen LogP contribution >= 0.6 is 57.9 Å². The summed E-state index contributed by atoms with van der Waals surface area (Å²) in [5.41, 5.74) is 6.39. The van der Waals surface area contributed by atoms with E-state index in [9.17, 15) is 4.57 Å². The number of hydrogen-bond donors (Lipinski definition) is 1. The zero-order chi connectivity index (χ0) is 15.9. The first kappa shape index (κ1) is 19.4. The molecule has 1 unspecified atom stereocenters. The molecule has 0 aliphatic rings. The Bertz CT molecular complexity index is 547. The van der Waals surface area contributed by atoms with Gasteiger partial charge in [-0.05, 0) is 37.5 Å². The van der Waals surface area contributed by atoms with Gasteiger partial charge in [0.15, 0.2) is 0 Å². The molecule has 1 aromatic carbocycles. The maximum atomic E-state index is 12.3. The van der Waals surface area contributed by atoms with Crippen molar-refractivity contribution in [1.82, 2.24) is 0 Å². The highest BCUT2D eigenvalue weighted by Crippen LogP contribution is 2.60. The lowest BCUT2D eigenvalue weighted by atomic mass is 10.1. The molecule has 0 aromatic heterocycles. The maximum Gasteiger partial charge on any atom is 0.396 e. The Balaban J connectivity index is 2.47. The van der Waals surface area contributed by atoms with E-state index in [-0.39, 0.29) is 17.5 Å². The fourth-order valence-corrected chi connectivity index (χ4v) is 5.70. The zero-order valence-corrected chi connectivity index (χ0v) is 16.3. The van der Waals surface area contributed by atoms with Crippen LogP contribution in [0.15, 0.2) is 22.7 Å². The van der Waals surface area contributed by atoms with E-state index in [1.165, 1.54) is 0 Å². The third-order valence-corrected chi connectivity index (χ3v) is 7.18. The first-order chi connectivity index (χ1) is 9.86. The van der Waals surface area contributed by atoms with E-state index >= 15 is 0 Å². The maximum absolute atomic E-state index is 12.3. The first-order valence-corrected chi connectivity index (χ1v) is 10.7. The molecule has 0 aliphatic heterocycles. The van der Waals surface area contributed by atoms with Crippen molar-refractivity contribution in [2.75, 3.05) is 13.2 Å². The van der Waals surface area contributed by atoms with Crippen molar-refractivity contribution in [3.05, 3.63) is 33.3 Å². The van der Waals surface area contributed by atoms with Crippen LogP contribution in [0.4, 0.5) is 0 Å². The molecule has 1 rings (SSSR count). The molecule has 0 saturated carbocycles. The number of nitrogens with two attached hydrogens (primary N) is 1. The highest BCUT2D eigenvalue weighted by Gasteiger charge is 2.26. The molecule has 1 atom stereocenters. The number of benzene rings is 1. The summed E-state index contributed by atoms with van der Waals surface area (Å²) in [6.45, 7) is -1.03. The van der Waals surface area contributed by atoms with Crippen molar-refractivity contribution in [1.29, 1.82) is 0 Å². The predicted molar refractivity (Wildman–Crippen MR) is 97.0 cm³/mol. The van der Waals surface area contributed by atoms with Gasteiger partial charge in [0.25, 0.3) is 0 Å². The molecule has 0 saturated heterocycles. The molecule has 0 fully saturated rings. The van der Waals surface area contributed by atoms with Gasteiger partial charge < -0.3 is 14.8 Å². The first-order valence-electron chi connectivity index (χ1n) is 6.18. The molecule has 2 N–H and O–H groups in total. The lowest BCUT2D eigenvalue weighted by Crippen LogP contribution is -2.05. The average Bonchev–Trinajstić information content (AvgIpc) is 2.36. The molecule has 0 aliphatic carbocycles. The summed E-state index contributed by atoms with van der Waals surface area (Å²) in [5, 5.41) is 0.690. The molecule has 0 spiro atoms. The molecule has 0 bridgehead atoms. The molecule has 1 aromatic rings. The Hall–Kier alpha value is 0.380. The van der Waals surface area contributed by atoms with E-state index in [0.717, 1.165) is 27.8 Å². The smallest absolute Gasteiger partial charge is 0.384 e. The summed E-state index contributed by atoms with van der Waals surface area (Å²) >= 11 is 15.0. The normalized spacial score (nSPS) is 13.9. The topological polar surface area (TPSA) is 61.5 Å². The van der Waals surface area contributed by atoms with Gasteiger partial charge in [0, 0.05) is 20.9 Å². The molecule has 0 radical (unpaired) electrons. The zero-order valence-electron chi connectivity index (χ0n) is 11.4. The fourth-order valence-electron chi connectivity index (χ4n) is 1.52. The molecule has 4 nitrogen and oxygen atoms in total. The number of hydrogen-bond acceptors (Lipinski definition) is 5. The van der Waals surface area contributed by atoms with Gasteiger partial charge in [-0.15, -0.1) is 0 Å². The summed E-state index contributed by atoms with van der Waals surface area (Å²) in [6.07, 6.45) is 1.38. The monoisotopic (exact) mass is 431 g/mol. The minimum absolute atomic E-state index is 0.0442. The minimum atomic E-state index is -3.31. The highest BCUT2D eigenvalue weighted by atomic mass is 79.9. The van der Waals surface area contributed by atoms with Crippen LogP contribution < -0.4 is 5.73 Å². The molecule has 118 valence electrons. The predicted octanol–water partition coefficient (Wildman–Crippen LogP) is 5.17. The largest absolute Gasteiger partial charge is 0.396 e. The van der Waals surface area contributed by atoms with E-state index in [1.807, 2.05) is 18.2 Å².